The summed E-state index contributed by atoms with van der Waals surface area (Å²) in [5.74, 6) is 0.879. The van der Waals surface area contributed by atoms with Crippen molar-refractivity contribution in [3.8, 4) is 5.75 Å². The zero-order chi connectivity index (χ0) is 13.7. The molecule has 0 aromatic heterocycles. The van der Waals surface area contributed by atoms with E-state index >= 15 is 0 Å². The van der Waals surface area contributed by atoms with Gasteiger partial charge in [0.15, 0.2) is 0 Å². The summed E-state index contributed by atoms with van der Waals surface area (Å²) in [5, 5.41) is 0.747. The molecule has 0 saturated heterocycles. The van der Waals surface area contributed by atoms with Crippen LogP contribution in [0, 0.1) is 6.92 Å². The Morgan fingerprint density at radius 3 is 2.63 bits per heavy atom. The van der Waals surface area contributed by atoms with Crippen molar-refractivity contribution in [1.29, 1.82) is 0 Å². The third-order valence-corrected chi connectivity index (χ3v) is 3.33. The highest BCUT2D eigenvalue weighted by Crippen LogP contribution is 2.22. The number of halogens is 1. The van der Waals surface area contributed by atoms with Gasteiger partial charge in [-0.2, -0.15) is 0 Å². The molecule has 0 radical (unpaired) electrons. The van der Waals surface area contributed by atoms with Crippen molar-refractivity contribution in [2.45, 2.75) is 20.0 Å². The van der Waals surface area contributed by atoms with Crippen LogP contribution in [0.3, 0.4) is 0 Å². The van der Waals surface area contributed by atoms with E-state index in [0.29, 0.717) is 13.2 Å². The lowest BCUT2D eigenvalue weighted by Crippen LogP contribution is -2.05. The fourth-order valence-corrected chi connectivity index (χ4v) is 2.22. The first-order valence-electron chi connectivity index (χ1n) is 6.36. The SMILES string of the molecule is Cc1ccc(COc2ccccc2CCN)c(Cl)c1. The van der Waals surface area contributed by atoms with E-state index in [4.69, 9.17) is 22.1 Å². The standard InChI is InChI=1S/C16H18ClNO/c1-12-6-7-14(15(17)10-12)11-19-16-5-3-2-4-13(16)8-9-18/h2-7,10H,8-9,11,18H2,1H3. The molecule has 3 heteroatoms. The second-order valence-corrected chi connectivity index (χ2v) is 4.94. The Morgan fingerprint density at radius 1 is 1.11 bits per heavy atom. The number of para-hydroxylation sites is 1. The molecule has 0 aliphatic heterocycles. The summed E-state index contributed by atoms with van der Waals surface area (Å²) in [5.41, 5.74) is 8.88. The molecule has 0 heterocycles. The summed E-state index contributed by atoms with van der Waals surface area (Å²) in [7, 11) is 0. The van der Waals surface area contributed by atoms with E-state index in [1.165, 1.54) is 0 Å². The van der Waals surface area contributed by atoms with Gasteiger partial charge in [0.25, 0.3) is 0 Å². The molecule has 0 aliphatic carbocycles. The summed E-state index contributed by atoms with van der Waals surface area (Å²) in [6.07, 6.45) is 0.817. The number of benzene rings is 2. The maximum absolute atomic E-state index is 6.20. The second-order valence-electron chi connectivity index (χ2n) is 4.53. The molecule has 2 aromatic carbocycles. The third kappa shape index (κ3) is 3.72. The van der Waals surface area contributed by atoms with E-state index < -0.39 is 0 Å². The molecule has 0 atom stereocenters. The van der Waals surface area contributed by atoms with E-state index in [1.807, 2.05) is 49.4 Å². The molecule has 100 valence electrons. The molecular weight excluding hydrogens is 258 g/mol. The number of aryl methyl sites for hydroxylation is 1. The largest absolute Gasteiger partial charge is 0.489 e. The molecule has 0 spiro atoms. The molecule has 2 nitrogen and oxygen atoms in total. The summed E-state index contributed by atoms with van der Waals surface area (Å²) in [6.45, 7) is 3.11. The van der Waals surface area contributed by atoms with Crippen LogP contribution in [0.4, 0.5) is 0 Å². The highest BCUT2D eigenvalue weighted by molar-refractivity contribution is 6.31. The van der Waals surface area contributed by atoms with Crippen molar-refractivity contribution in [2.75, 3.05) is 6.54 Å². The first-order chi connectivity index (χ1) is 9.20. The van der Waals surface area contributed by atoms with Gasteiger partial charge in [-0.15, -0.1) is 0 Å². The Morgan fingerprint density at radius 2 is 1.89 bits per heavy atom. The smallest absolute Gasteiger partial charge is 0.123 e. The van der Waals surface area contributed by atoms with Crippen LogP contribution < -0.4 is 10.5 Å². The lowest BCUT2D eigenvalue weighted by molar-refractivity contribution is 0.303. The quantitative estimate of drug-likeness (QED) is 0.902. The summed E-state index contributed by atoms with van der Waals surface area (Å²) < 4.78 is 5.86. The normalized spacial score (nSPS) is 10.5. The van der Waals surface area contributed by atoms with Crippen molar-refractivity contribution in [2.24, 2.45) is 5.73 Å². The van der Waals surface area contributed by atoms with Crippen LogP contribution in [0.5, 0.6) is 5.75 Å². The Balaban J connectivity index is 2.10. The Kier molecular flexibility index (Phi) is 4.83. The van der Waals surface area contributed by atoms with Crippen molar-refractivity contribution >= 4 is 11.6 Å². The van der Waals surface area contributed by atoms with Crippen LogP contribution in [0.15, 0.2) is 42.5 Å². The monoisotopic (exact) mass is 275 g/mol. The van der Waals surface area contributed by atoms with E-state index in [2.05, 4.69) is 0 Å². The van der Waals surface area contributed by atoms with Crippen LogP contribution >= 0.6 is 11.6 Å². The molecule has 0 saturated carbocycles. The summed E-state index contributed by atoms with van der Waals surface area (Å²) in [4.78, 5) is 0. The minimum atomic E-state index is 0.473. The van der Waals surface area contributed by atoms with Gasteiger partial charge in [0.1, 0.15) is 12.4 Å². The average Bonchev–Trinajstić information content (AvgIpc) is 2.40. The lowest BCUT2D eigenvalue weighted by atomic mass is 10.1. The highest BCUT2D eigenvalue weighted by Gasteiger charge is 2.05. The molecule has 0 bridgehead atoms. The van der Waals surface area contributed by atoms with Crippen LogP contribution in [0.1, 0.15) is 16.7 Å². The molecule has 0 aliphatic rings. The van der Waals surface area contributed by atoms with E-state index in [9.17, 15) is 0 Å². The molecule has 2 aromatic rings. The second kappa shape index (κ2) is 6.60. The van der Waals surface area contributed by atoms with Gasteiger partial charge in [0, 0.05) is 10.6 Å². The fourth-order valence-electron chi connectivity index (χ4n) is 1.93. The fraction of sp³-hybridized carbons (Fsp3) is 0.250. The molecular formula is C16H18ClNO. The average molecular weight is 276 g/mol. The van der Waals surface area contributed by atoms with Gasteiger partial charge in [-0.05, 0) is 43.1 Å². The van der Waals surface area contributed by atoms with Crippen molar-refractivity contribution in [3.05, 3.63) is 64.2 Å². The molecule has 2 rings (SSSR count). The molecule has 2 N–H and O–H groups in total. The molecule has 19 heavy (non-hydrogen) atoms. The van der Waals surface area contributed by atoms with Gasteiger partial charge >= 0.3 is 0 Å². The van der Waals surface area contributed by atoms with Crippen molar-refractivity contribution in [1.82, 2.24) is 0 Å². The third-order valence-electron chi connectivity index (χ3n) is 2.98. The highest BCUT2D eigenvalue weighted by atomic mass is 35.5. The number of nitrogens with two attached hydrogens (primary N) is 1. The van der Waals surface area contributed by atoms with Crippen LogP contribution in [-0.2, 0) is 13.0 Å². The maximum Gasteiger partial charge on any atom is 0.123 e. The number of ether oxygens (including phenoxy) is 1. The van der Waals surface area contributed by atoms with Crippen molar-refractivity contribution < 1.29 is 4.74 Å². The van der Waals surface area contributed by atoms with Crippen LogP contribution in [-0.4, -0.2) is 6.54 Å². The van der Waals surface area contributed by atoms with Gasteiger partial charge < -0.3 is 10.5 Å². The van der Waals surface area contributed by atoms with Crippen LogP contribution in [0.25, 0.3) is 0 Å². The van der Waals surface area contributed by atoms with Gasteiger partial charge in [-0.3, -0.25) is 0 Å². The zero-order valence-electron chi connectivity index (χ0n) is 11.0. The van der Waals surface area contributed by atoms with Gasteiger partial charge in [0.05, 0.1) is 0 Å². The maximum atomic E-state index is 6.20. The van der Waals surface area contributed by atoms with E-state index in [-0.39, 0.29) is 0 Å². The predicted octanol–water partition coefficient (Wildman–Crippen LogP) is 3.73. The number of hydrogen-bond donors (Lipinski definition) is 1. The van der Waals surface area contributed by atoms with Gasteiger partial charge in [0.2, 0.25) is 0 Å². The molecule has 0 fully saturated rings. The summed E-state index contributed by atoms with van der Waals surface area (Å²) >= 11 is 6.20. The Bertz CT molecular complexity index is 554. The van der Waals surface area contributed by atoms with Gasteiger partial charge in [-0.1, -0.05) is 41.9 Å². The first-order valence-corrected chi connectivity index (χ1v) is 6.74. The van der Waals surface area contributed by atoms with E-state index in [0.717, 1.165) is 33.9 Å². The number of rotatable bonds is 5. The first kappa shape index (κ1) is 13.9. The predicted molar refractivity (Wildman–Crippen MR) is 79.7 cm³/mol. The minimum absolute atomic E-state index is 0.473. The molecule has 0 unspecified atom stereocenters. The molecule has 0 amide bonds. The van der Waals surface area contributed by atoms with Gasteiger partial charge in [-0.25, -0.2) is 0 Å². The topological polar surface area (TPSA) is 35.2 Å². The minimum Gasteiger partial charge on any atom is -0.489 e. The van der Waals surface area contributed by atoms with E-state index in [1.54, 1.807) is 0 Å². The lowest BCUT2D eigenvalue weighted by Gasteiger charge is -2.12. The zero-order valence-corrected chi connectivity index (χ0v) is 11.8. The van der Waals surface area contributed by atoms with Crippen molar-refractivity contribution in [3.63, 3.8) is 0 Å². The Labute approximate surface area is 119 Å². The Hall–Kier alpha value is -1.51. The van der Waals surface area contributed by atoms with Crippen LogP contribution in [0.2, 0.25) is 5.02 Å². The number of hydrogen-bond acceptors (Lipinski definition) is 2. The summed E-state index contributed by atoms with van der Waals surface area (Å²) in [6, 6.07) is 14.0.